The van der Waals surface area contributed by atoms with E-state index >= 15 is 0 Å². The number of aryl methyl sites for hydroxylation is 1. The fourth-order valence-corrected chi connectivity index (χ4v) is 2.73. The SMILES string of the molecule is CC(C)c1nn(C)c(Cl)c1C(O)c1ccsc1. The smallest absolute Gasteiger partial charge is 0.133 e. The molecule has 0 saturated carbocycles. The second kappa shape index (κ2) is 4.80. The minimum atomic E-state index is -0.695. The average Bonchev–Trinajstić information content (AvgIpc) is 2.88. The van der Waals surface area contributed by atoms with Crippen LogP contribution in [0.25, 0.3) is 0 Å². The number of nitrogens with zero attached hydrogens (tertiary/aromatic N) is 2. The van der Waals surface area contributed by atoms with Gasteiger partial charge in [-0.1, -0.05) is 25.4 Å². The lowest BCUT2D eigenvalue weighted by Gasteiger charge is -2.11. The van der Waals surface area contributed by atoms with Crippen molar-refractivity contribution in [1.29, 1.82) is 0 Å². The molecular formula is C12H15ClN2OS. The maximum absolute atomic E-state index is 10.4. The van der Waals surface area contributed by atoms with Crippen LogP contribution in [0.1, 0.15) is 42.7 Å². The third-order valence-electron chi connectivity index (χ3n) is 2.72. The van der Waals surface area contributed by atoms with E-state index in [0.717, 1.165) is 16.8 Å². The summed E-state index contributed by atoms with van der Waals surface area (Å²) in [6, 6.07) is 1.91. The summed E-state index contributed by atoms with van der Waals surface area (Å²) in [7, 11) is 1.79. The van der Waals surface area contributed by atoms with Gasteiger partial charge in [-0.25, -0.2) is 0 Å². The minimum absolute atomic E-state index is 0.233. The topological polar surface area (TPSA) is 38.0 Å². The molecule has 0 aliphatic heterocycles. The summed E-state index contributed by atoms with van der Waals surface area (Å²) >= 11 is 7.77. The van der Waals surface area contributed by atoms with Gasteiger partial charge in [0.15, 0.2) is 0 Å². The zero-order chi connectivity index (χ0) is 12.6. The van der Waals surface area contributed by atoms with Crippen molar-refractivity contribution >= 4 is 22.9 Å². The molecular weight excluding hydrogens is 256 g/mol. The molecule has 0 aliphatic carbocycles. The summed E-state index contributed by atoms with van der Waals surface area (Å²) < 4.78 is 1.61. The van der Waals surface area contributed by atoms with Crippen molar-refractivity contribution in [1.82, 2.24) is 9.78 Å². The first-order chi connectivity index (χ1) is 8.02. The van der Waals surface area contributed by atoms with Gasteiger partial charge < -0.3 is 5.11 Å². The highest BCUT2D eigenvalue weighted by Crippen LogP contribution is 2.34. The van der Waals surface area contributed by atoms with Crippen LogP contribution in [-0.4, -0.2) is 14.9 Å². The van der Waals surface area contributed by atoms with E-state index in [1.165, 1.54) is 0 Å². The lowest BCUT2D eigenvalue weighted by Crippen LogP contribution is -2.03. The fraction of sp³-hybridized carbons (Fsp3) is 0.417. The molecule has 0 radical (unpaired) electrons. The zero-order valence-electron chi connectivity index (χ0n) is 10.0. The number of hydrogen-bond acceptors (Lipinski definition) is 3. The van der Waals surface area contributed by atoms with Crippen molar-refractivity contribution in [3.05, 3.63) is 38.8 Å². The Kier molecular flexibility index (Phi) is 3.56. The molecule has 0 amide bonds. The van der Waals surface area contributed by atoms with Crippen LogP contribution in [0, 0.1) is 0 Å². The molecule has 0 saturated heterocycles. The maximum atomic E-state index is 10.4. The lowest BCUT2D eigenvalue weighted by molar-refractivity contribution is 0.219. The van der Waals surface area contributed by atoms with Gasteiger partial charge in [-0.05, 0) is 28.3 Å². The molecule has 2 heterocycles. The first-order valence-electron chi connectivity index (χ1n) is 5.44. The van der Waals surface area contributed by atoms with Crippen LogP contribution in [0.3, 0.4) is 0 Å². The molecule has 17 heavy (non-hydrogen) atoms. The Labute approximate surface area is 110 Å². The van der Waals surface area contributed by atoms with Gasteiger partial charge in [-0.15, -0.1) is 0 Å². The van der Waals surface area contributed by atoms with Gasteiger partial charge in [-0.3, -0.25) is 4.68 Å². The molecule has 1 unspecified atom stereocenters. The number of aliphatic hydroxyl groups excluding tert-OH is 1. The van der Waals surface area contributed by atoms with Crippen LogP contribution in [0.5, 0.6) is 0 Å². The van der Waals surface area contributed by atoms with E-state index in [1.807, 2.05) is 30.7 Å². The summed E-state index contributed by atoms with van der Waals surface area (Å²) in [6.07, 6.45) is -0.695. The largest absolute Gasteiger partial charge is 0.383 e. The lowest BCUT2D eigenvalue weighted by atomic mass is 9.99. The van der Waals surface area contributed by atoms with E-state index in [2.05, 4.69) is 5.10 Å². The Balaban J connectivity index is 2.50. The molecule has 0 fully saturated rings. The van der Waals surface area contributed by atoms with Crippen molar-refractivity contribution in [2.45, 2.75) is 25.9 Å². The van der Waals surface area contributed by atoms with Crippen LogP contribution in [0.15, 0.2) is 16.8 Å². The van der Waals surface area contributed by atoms with Gasteiger partial charge in [-0.2, -0.15) is 16.4 Å². The van der Waals surface area contributed by atoms with Crippen LogP contribution in [-0.2, 0) is 7.05 Å². The van der Waals surface area contributed by atoms with Crippen LogP contribution < -0.4 is 0 Å². The van der Waals surface area contributed by atoms with Crippen LogP contribution in [0.4, 0.5) is 0 Å². The van der Waals surface area contributed by atoms with Crippen molar-refractivity contribution in [2.24, 2.45) is 7.05 Å². The predicted molar refractivity (Wildman–Crippen MR) is 70.7 cm³/mol. The van der Waals surface area contributed by atoms with Gasteiger partial charge in [0.2, 0.25) is 0 Å². The van der Waals surface area contributed by atoms with Crippen molar-refractivity contribution in [3.8, 4) is 0 Å². The summed E-state index contributed by atoms with van der Waals surface area (Å²) in [4.78, 5) is 0. The molecule has 1 atom stereocenters. The Morgan fingerprint density at radius 3 is 2.71 bits per heavy atom. The van der Waals surface area contributed by atoms with Gasteiger partial charge >= 0.3 is 0 Å². The minimum Gasteiger partial charge on any atom is -0.383 e. The van der Waals surface area contributed by atoms with E-state index in [4.69, 9.17) is 11.6 Å². The van der Waals surface area contributed by atoms with E-state index in [-0.39, 0.29) is 5.92 Å². The molecule has 1 N–H and O–H groups in total. The molecule has 0 spiro atoms. The highest BCUT2D eigenvalue weighted by molar-refractivity contribution is 7.08. The number of hydrogen-bond donors (Lipinski definition) is 1. The molecule has 2 rings (SSSR count). The number of halogens is 1. The van der Waals surface area contributed by atoms with Gasteiger partial charge in [0.1, 0.15) is 11.3 Å². The molecule has 2 aromatic heterocycles. The first-order valence-corrected chi connectivity index (χ1v) is 6.77. The predicted octanol–water partition coefficient (Wildman–Crippen LogP) is 3.34. The van der Waals surface area contributed by atoms with Gasteiger partial charge in [0, 0.05) is 12.6 Å². The summed E-state index contributed by atoms with van der Waals surface area (Å²) in [5, 5.41) is 19.1. The van der Waals surface area contributed by atoms with E-state index in [1.54, 1.807) is 23.1 Å². The van der Waals surface area contributed by atoms with E-state index in [0.29, 0.717) is 5.15 Å². The molecule has 3 nitrogen and oxygen atoms in total. The number of aromatic nitrogens is 2. The summed E-state index contributed by atoms with van der Waals surface area (Å²) in [6.45, 7) is 4.09. The number of aliphatic hydroxyl groups is 1. The van der Waals surface area contributed by atoms with Crippen molar-refractivity contribution < 1.29 is 5.11 Å². The van der Waals surface area contributed by atoms with Crippen LogP contribution >= 0.6 is 22.9 Å². The van der Waals surface area contributed by atoms with Crippen LogP contribution in [0.2, 0.25) is 5.15 Å². The normalized spacial score (nSPS) is 13.3. The van der Waals surface area contributed by atoms with E-state index < -0.39 is 6.10 Å². The quantitative estimate of drug-likeness (QED) is 0.929. The molecule has 0 aliphatic rings. The highest BCUT2D eigenvalue weighted by Gasteiger charge is 2.24. The summed E-state index contributed by atoms with van der Waals surface area (Å²) in [5.74, 6) is 0.233. The fourth-order valence-electron chi connectivity index (χ4n) is 1.82. The number of rotatable bonds is 3. The van der Waals surface area contributed by atoms with E-state index in [9.17, 15) is 5.11 Å². The third kappa shape index (κ3) is 2.25. The van der Waals surface area contributed by atoms with Crippen molar-refractivity contribution in [3.63, 3.8) is 0 Å². The average molecular weight is 271 g/mol. The Morgan fingerprint density at radius 1 is 1.47 bits per heavy atom. The molecule has 0 bridgehead atoms. The third-order valence-corrected chi connectivity index (χ3v) is 3.87. The second-order valence-corrected chi connectivity index (χ2v) is 5.47. The second-order valence-electron chi connectivity index (χ2n) is 4.33. The Bertz CT molecular complexity index is 505. The van der Waals surface area contributed by atoms with Crippen molar-refractivity contribution in [2.75, 3.05) is 0 Å². The van der Waals surface area contributed by atoms with Gasteiger partial charge in [0.25, 0.3) is 0 Å². The number of thiophene rings is 1. The standard InChI is InChI=1S/C12H15ClN2OS/c1-7(2)10-9(12(13)15(3)14-10)11(16)8-4-5-17-6-8/h4-7,11,16H,1-3H3. The monoisotopic (exact) mass is 270 g/mol. The van der Waals surface area contributed by atoms with Gasteiger partial charge in [0.05, 0.1) is 5.69 Å². The first kappa shape index (κ1) is 12.6. The maximum Gasteiger partial charge on any atom is 0.133 e. The Morgan fingerprint density at radius 2 is 2.18 bits per heavy atom. The molecule has 5 heteroatoms. The molecule has 92 valence electrons. The zero-order valence-corrected chi connectivity index (χ0v) is 11.6. The molecule has 0 aromatic carbocycles. The highest BCUT2D eigenvalue weighted by atomic mass is 35.5. The molecule has 2 aromatic rings. The summed E-state index contributed by atoms with van der Waals surface area (Å²) in [5.41, 5.74) is 2.45. The Hall–Kier alpha value is -0.840.